The summed E-state index contributed by atoms with van der Waals surface area (Å²) < 4.78 is 42.2. The molecule has 0 aliphatic carbocycles. The number of furan rings is 1. The van der Waals surface area contributed by atoms with Crippen LogP contribution in [0.4, 0.5) is 18.0 Å². The first kappa shape index (κ1) is 18.4. The summed E-state index contributed by atoms with van der Waals surface area (Å²) >= 11 is 0. The van der Waals surface area contributed by atoms with E-state index < -0.39 is 23.7 Å². The normalized spacial score (nSPS) is 11.0. The standard InChI is InChI=1S/C16H16F3N3O3/c17-16(18,19)12-5-3-11(4-6-12)10-22-15(24)21-8-7-20-14(23)13-2-1-9-25-13/h1-6,9H,7-8,10H2,(H,20,23)(H2,21,22,24). The second-order valence-corrected chi connectivity index (χ2v) is 5.04. The van der Waals surface area contributed by atoms with Crippen molar-refractivity contribution in [1.82, 2.24) is 16.0 Å². The van der Waals surface area contributed by atoms with Gasteiger partial charge in [-0.25, -0.2) is 4.79 Å². The van der Waals surface area contributed by atoms with Gasteiger partial charge >= 0.3 is 12.2 Å². The fraction of sp³-hybridized carbons (Fsp3) is 0.250. The number of nitrogens with one attached hydrogen (secondary N) is 3. The molecule has 0 radical (unpaired) electrons. The number of rotatable bonds is 6. The van der Waals surface area contributed by atoms with Gasteiger partial charge in [-0.1, -0.05) is 12.1 Å². The van der Waals surface area contributed by atoms with E-state index in [9.17, 15) is 22.8 Å². The summed E-state index contributed by atoms with van der Waals surface area (Å²) in [5.41, 5.74) is -0.206. The molecule has 1 aromatic carbocycles. The molecule has 0 bridgehead atoms. The predicted molar refractivity (Wildman–Crippen MR) is 82.7 cm³/mol. The van der Waals surface area contributed by atoms with Crippen LogP contribution in [-0.4, -0.2) is 25.0 Å². The van der Waals surface area contributed by atoms with Crippen LogP contribution in [0.3, 0.4) is 0 Å². The van der Waals surface area contributed by atoms with Crippen LogP contribution in [0, 0.1) is 0 Å². The largest absolute Gasteiger partial charge is 0.459 e. The van der Waals surface area contributed by atoms with E-state index in [0.29, 0.717) is 5.56 Å². The Morgan fingerprint density at radius 2 is 1.64 bits per heavy atom. The highest BCUT2D eigenvalue weighted by atomic mass is 19.4. The summed E-state index contributed by atoms with van der Waals surface area (Å²) in [5.74, 6) is -0.219. The Morgan fingerprint density at radius 3 is 2.24 bits per heavy atom. The van der Waals surface area contributed by atoms with Crippen LogP contribution < -0.4 is 16.0 Å². The molecular formula is C16H16F3N3O3. The summed E-state index contributed by atoms with van der Waals surface area (Å²) in [6, 6.07) is 7.12. The van der Waals surface area contributed by atoms with Crippen molar-refractivity contribution in [1.29, 1.82) is 0 Å². The number of benzene rings is 1. The van der Waals surface area contributed by atoms with Crippen molar-refractivity contribution < 1.29 is 27.2 Å². The third-order valence-electron chi connectivity index (χ3n) is 3.18. The van der Waals surface area contributed by atoms with Gasteiger partial charge in [-0.15, -0.1) is 0 Å². The van der Waals surface area contributed by atoms with Crippen LogP contribution in [0.1, 0.15) is 21.7 Å². The number of urea groups is 1. The van der Waals surface area contributed by atoms with Gasteiger partial charge in [-0.05, 0) is 29.8 Å². The maximum Gasteiger partial charge on any atom is 0.416 e. The van der Waals surface area contributed by atoms with Crippen LogP contribution >= 0.6 is 0 Å². The summed E-state index contributed by atoms with van der Waals surface area (Å²) in [6.07, 6.45) is -3.01. The molecule has 3 amide bonds. The lowest BCUT2D eigenvalue weighted by Crippen LogP contribution is -2.40. The number of hydrogen-bond acceptors (Lipinski definition) is 3. The first-order valence-electron chi connectivity index (χ1n) is 7.36. The van der Waals surface area contributed by atoms with Gasteiger partial charge < -0.3 is 20.4 Å². The van der Waals surface area contributed by atoms with E-state index in [4.69, 9.17) is 4.42 Å². The van der Waals surface area contributed by atoms with Gasteiger partial charge in [0.2, 0.25) is 0 Å². The zero-order valence-electron chi connectivity index (χ0n) is 13.0. The predicted octanol–water partition coefficient (Wildman–Crippen LogP) is 2.53. The molecule has 0 aliphatic rings. The van der Waals surface area contributed by atoms with Crippen molar-refractivity contribution in [3.63, 3.8) is 0 Å². The van der Waals surface area contributed by atoms with Crippen LogP contribution in [0.15, 0.2) is 47.1 Å². The maximum absolute atomic E-state index is 12.4. The van der Waals surface area contributed by atoms with E-state index in [2.05, 4.69) is 16.0 Å². The Labute approximate surface area is 141 Å². The first-order chi connectivity index (χ1) is 11.9. The third kappa shape index (κ3) is 5.87. The summed E-state index contributed by atoms with van der Waals surface area (Å²) in [7, 11) is 0. The highest BCUT2D eigenvalue weighted by Gasteiger charge is 2.29. The van der Waals surface area contributed by atoms with Crippen LogP contribution in [0.25, 0.3) is 0 Å². The van der Waals surface area contributed by atoms with Crippen molar-refractivity contribution in [3.8, 4) is 0 Å². The van der Waals surface area contributed by atoms with E-state index in [1.54, 1.807) is 6.07 Å². The fourth-order valence-electron chi connectivity index (χ4n) is 1.90. The monoisotopic (exact) mass is 355 g/mol. The smallest absolute Gasteiger partial charge is 0.416 e. The molecule has 2 aromatic rings. The molecule has 2 rings (SSSR count). The average Bonchev–Trinajstić information content (AvgIpc) is 3.11. The lowest BCUT2D eigenvalue weighted by Gasteiger charge is -2.10. The topological polar surface area (TPSA) is 83.4 Å². The molecular weight excluding hydrogens is 339 g/mol. The van der Waals surface area contributed by atoms with Gasteiger partial charge in [0.15, 0.2) is 5.76 Å². The molecule has 1 heterocycles. The number of carbonyl (C=O) groups is 2. The second kappa shape index (κ2) is 8.22. The lowest BCUT2D eigenvalue weighted by molar-refractivity contribution is -0.137. The molecule has 0 spiro atoms. The molecule has 0 unspecified atom stereocenters. The Balaban J connectivity index is 1.64. The molecule has 1 aromatic heterocycles. The van der Waals surface area contributed by atoms with E-state index >= 15 is 0 Å². The van der Waals surface area contributed by atoms with Gasteiger partial charge in [-0.2, -0.15) is 13.2 Å². The maximum atomic E-state index is 12.4. The highest BCUT2D eigenvalue weighted by Crippen LogP contribution is 2.28. The van der Waals surface area contributed by atoms with Gasteiger partial charge in [-0.3, -0.25) is 4.79 Å². The molecule has 3 N–H and O–H groups in total. The van der Waals surface area contributed by atoms with Crippen molar-refractivity contribution in [2.75, 3.05) is 13.1 Å². The molecule has 6 nitrogen and oxygen atoms in total. The van der Waals surface area contributed by atoms with Gasteiger partial charge in [0.1, 0.15) is 0 Å². The number of carbonyl (C=O) groups excluding carboxylic acids is 2. The van der Waals surface area contributed by atoms with Gasteiger partial charge in [0.25, 0.3) is 5.91 Å². The Bertz CT molecular complexity index is 698. The first-order valence-corrected chi connectivity index (χ1v) is 7.36. The van der Waals surface area contributed by atoms with Crippen LogP contribution in [-0.2, 0) is 12.7 Å². The molecule has 0 aliphatic heterocycles. The van der Waals surface area contributed by atoms with Gasteiger partial charge in [0, 0.05) is 19.6 Å². The van der Waals surface area contributed by atoms with Gasteiger partial charge in [0.05, 0.1) is 11.8 Å². The van der Waals surface area contributed by atoms with E-state index in [1.165, 1.54) is 24.5 Å². The molecule has 0 fully saturated rings. The zero-order chi connectivity index (χ0) is 18.3. The van der Waals surface area contributed by atoms with Crippen LogP contribution in [0.5, 0.6) is 0 Å². The van der Waals surface area contributed by atoms with E-state index in [1.807, 2.05) is 0 Å². The minimum atomic E-state index is -4.39. The summed E-state index contributed by atoms with van der Waals surface area (Å²) in [5, 5.41) is 7.58. The quantitative estimate of drug-likeness (QED) is 0.697. The molecule has 134 valence electrons. The highest BCUT2D eigenvalue weighted by molar-refractivity contribution is 5.91. The second-order valence-electron chi connectivity index (χ2n) is 5.04. The van der Waals surface area contributed by atoms with Crippen molar-refractivity contribution >= 4 is 11.9 Å². The molecule has 0 atom stereocenters. The Hall–Kier alpha value is -2.97. The Morgan fingerprint density at radius 1 is 0.960 bits per heavy atom. The zero-order valence-corrected chi connectivity index (χ0v) is 13.0. The lowest BCUT2D eigenvalue weighted by atomic mass is 10.1. The number of halogens is 3. The van der Waals surface area contributed by atoms with E-state index in [0.717, 1.165) is 12.1 Å². The van der Waals surface area contributed by atoms with Crippen molar-refractivity contribution in [3.05, 3.63) is 59.5 Å². The fourth-order valence-corrected chi connectivity index (χ4v) is 1.90. The number of hydrogen-bond donors (Lipinski definition) is 3. The van der Waals surface area contributed by atoms with E-state index in [-0.39, 0.29) is 25.4 Å². The minimum Gasteiger partial charge on any atom is -0.459 e. The molecule has 0 saturated carbocycles. The van der Waals surface area contributed by atoms with Crippen LogP contribution in [0.2, 0.25) is 0 Å². The summed E-state index contributed by atoms with van der Waals surface area (Å²) in [6.45, 7) is 0.473. The SMILES string of the molecule is O=C(NCCNC(=O)c1ccco1)NCc1ccc(C(F)(F)F)cc1. The molecule has 25 heavy (non-hydrogen) atoms. The molecule has 9 heteroatoms. The molecule has 0 saturated heterocycles. The van der Waals surface area contributed by atoms with Crippen molar-refractivity contribution in [2.24, 2.45) is 0 Å². The minimum absolute atomic E-state index is 0.0860. The Kier molecular flexibility index (Phi) is 6.04. The summed E-state index contributed by atoms with van der Waals surface area (Å²) in [4.78, 5) is 23.1. The number of amides is 3. The number of alkyl halides is 3. The van der Waals surface area contributed by atoms with Crippen molar-refractivity contribution in [2.45, 2.75) is 12.7 Å². The third-order valence-corrected chi connectivity index (χ3v) is 3.18. The average molecular weight is 355 g/mol.